The highest BCUT2D eigenvalue weighted by Crippen LogP contribution is 2.11. The molecule has 0 atom stereocenters. The van der Waals surface area contributed by atoms with E-state index < -0.39 is 0 Å². The summed E-state index contributed by atoms with van der Waals surface area (Å²) in [7, 11) is 0. The zero-order valence-electron chi connectivity index (χ0n) is 20.5. The van der Waals surface area contributed by atoms with Crippen LogP contribution < -0.4 is 10.6 Å². The Morgan fingerprint density at radius 1 is 0.645 bits per heavy atom. The molecule has 0 heterocycles. The van der Waals surface area contributed by atoms with Gasteiger partial charge in [-0.1, -0.05) is 64.7 Å². The Morgan fingerprint density at radius 3 is 1.48 bits per heavy atom. The normalized spacial score (nSPS) is 11.1. The number of nitrogens with one attached hydrogen (secondary N) is 2. The molecule has 0 saturated carbocycles. The third kappa shape index (κ3) is 22.6. The second kappa shape index (κ2) is 24.2. The molecule has 31 heavy (non-hydrogen) atoms. The van der Waals surface area contributed by atoms with Crippen molar-refractivity contribution in [1.29, 1.82) is 0 Å². The van der Waals surface area contributed by atoms with Crippen molar-refractivity contribution in [3.05, 3.63) is 0 Å². The monoisotopic (exact) mass is 475 g/mol. The summed E-state index contributed by atoms with van der Waals surface area (Å²) in [5.41, 5.74) is 0. The molecule has 0 aliphatic carbocycles. The first kappa shape index (κ1) is 30.6. The summed E-state index contributed by atoms with van der Waals surface area (Å²) < 4.78 is 0. The van der Waals surface area contributed by atoms with Crippen molar-refractivity contribution in [3.8, 4) is 0 Å². The molecule has 0 rings (SSSR count). The van der Waals surface area contributed by atoms with Crippen molar-refractivity contribution in [2.75, 3.05) is 56.7 Å². The highest BCUT2D eigenvalue weighted by atomic mass is 32.2. The van der Waals surface area contributed by atoms with Gasteiger partial charge in [-0.25, -0.2) is 0 Å². The third-order valence-electron chi connectivity index (χ3n) is 5.39. The SMILES string of the molecule is CCCCCCCCCCCCN(CCC(=O)NCCSC)CCC(=O)NCCSC. The number of unbranched alkanes of at least 4 members (excludes halogenated alkanes) is 9. The maximum Gasteiger partial charge on any atom is 0.221 e. The van der Waals surface area contributed by atoms with E-state index in [1.165, 1.54) is 57.8 Å². The smallest absolute Gasteiger partial charge is 0.221 e. The Kier molecular flexibility index (Phi) is 23.9. The molecule has 184 valence electrons. The van der Waals surface area contributed by atoms with Crippen LogP contribution in [0.2, 0.25) is 0 Å². The lowest BCUT2D eigenvalue weighted by Crippen LogP contribution is -2.35. The predicted molar refractivity (Wildman–Crippen MR) is 140 cm³/mol. The fraction of sp³-hybridized carbons (Fsp3) is 0.917. The number of rotatable bonds is 23. The summed E-state index contributed by atoms with van der Waals surface area (Å²) in [6.07, 6.45) is 18.4. The van der Waals surface area contributed by atoms with Crippen LogP contribution in [0.5, 0.6) is 0 Å². The number of amides is 2. The van der Waals surface area contributed by atoms with E-state index in [4.69, 9.17) is 0 Å². The Labute approximate surface area is 201 Å². The van der Waals surface area contributed by atoms with Gasteiger partial charge in [0.05, 0.1) is 0 Å². The lowest BCUT2D eigenvalue weighted by Gasteiger charge is -2.22. The molecule has 2 amide bonds. The molecule has 0 spiro atoms. The topological polar surface area (TPSA) is 61.4 Å². The van der Waals surface area contributed by atoms with E-state index in [9.17, 15) is 9.59 Å². The number of nitrogens with zero attached hydrogens (tertiary/aromatic N) is 1. The molecule has 0 saturated heterocycles. The zero-order valence-corrected chi connectivity index (χ0v) is 22.1. The summed E-state index contributed by atoms with van der Waals surface area (Å²) in [6, 6.07) is 0. The molecule has 0 aliphatic rings. The molecule has 5 nitrogen and oxygen atoms in total. The molecule has 0 fully saturated rings. The molecule has 0 bridgehead atoms. The molecule has 2 N–H and O–H groups in total. The fourth-order valence-electron chi connectivity index (χ4n) is 3.44. The van der Waals surface area contributed by atoms with Crippen LogP contribution >= 0.6 is 23.5 Å². The largest absolute Gasteiger partial charge is 0.355 e. The van der Waals surface area contributed by atoms with Crippen LogP contribution in [0.1, 0.15) is 84.0 Å². The fourth-order valence-corrected chi connectivity index (χ4v) is 4.05. The average Bonchev–Trinajstić information content (AvgIpc) is 2.76. The van der Waals surface area contributed by atoms with Gasteiger partial charge in [0.1, 0.15) is 0 Å². The second-order valence-corrected chi connectivity index (χ2v) is 10.2. The van der Waals surface area contributed by atoms with Crippen LogP contribution in [0.25, 0.3) is 0 Å². The van der Waals surface area contributed by atoms with E-state index in [0.29, 0.717) is 12.8 Å². The minimum absolute atomic E-state index is 0.117. The quantitative estimate of drug-likeness (QED) is 0.205. The maximum atomic E-state index is 12.0. The number of carbonyl (C=O) groups is 2. The van der Waals surface area contributed by atoms with E-state index in [2.05, 4.69) is 22.5 Å². The van der Waals surface area contributed by atoms with E-state index >= 15 is 0 Å². The lowest BCUT2D eigenvalue weighted by atomic mass is 10.1. The van der Waals surface area contributed by atoms with E-state index in [0.717, 1.165) is 50.7 Å². The molecule has 0 aliphatic heterocycles. The Morgan fingerprint density at radius 2 is 1.06 bits per heavy atom. The van der Waals surface area contributed by atoms with Gasteiger partial charge in [-0.2, -0.15) is 23.5 Å². The van der Waals surface area contributed by atoms with Crippen molar-refractivity contribution in [1.82, 2.24) is 15.5 Å². The number of carbonyl (C=O) groups excluding carboxylic acids is 2. The van der Waals surface area contributed by atoms with Gasteiger partial charge in [0.2, 0.25) is 11.8 Å². The summed E-state index contributed by atoms with van der Waals surface area (Å²) in [5.74, 6) is 2.13. The highest BCUT2D eigenvalue weighted by molar-refractivity contribution is 7.98. The molecule has 0 unspecified atom stereocenters. The minimum atomic E-state index is 0.117. The van der Waals surface area contributed by atoms with Gasteiger partial charge in [-0.15, -0.1) is 0 Å². The summed E-state index contributed by atoms with van der Waals surface area (Å²) in [4.78, 5) is 26.4. The van der Waals surface area contributed by atoms with Gasteiger partial charge in [-0.3, -0.25) is 9.59 Å². The first-order valence-electron chi connectivity index (χ1n) is 12.4. The summed E-state index contributed by atoms with van der Waals surface area (Å²) in [6.45, 7) is 6.18. The van der Waals surface area contributed by atoms with Crippen LogP contribution in [0, 0.1) is 0 Å². The standard InChI is InChI=1S/C24H49N3O2S2/c1-4-5-6-7-8-9-10-11-12-13-18-27(19-14-23(28)25-16-21-30-2)20-15-24(29)26-17-22-31-3/h4-22H2,1-3H3,(H,25,28)(H,26,29). The first-order chi connectivity index (χ1) is 15.1. The number of hydrogen-bond donors (Lipinski definition) is 2. The van der Waals surface area contributed by atoms with Gasteiger partial charge in [0.15, 0.2) is 0 Å². The van der Waals surface area contributed by atoms with E-state index in [1.54, 1.807) is 23.5 Å². The minimum Gasteiger partial charge on any atom is -0.355 e. The van der Waals surface area contributed by atoms with Crippen LogP contribution in [-0.2, 0) is 9.59 Å². The molecule has 0 aromatic rings. The Balaban J connectivity index is 4.07. The van der Waals surface area contributed by atoms with Crippen LogP contribution in [0.4, 0.5) is 0 Å². The van der Waals surface area contributed by atoms with Gasteiger partial charge < -0.3 is 15.5 Å². The molecular weight excluding hydrogens is 426 g/mol. The van der Waals surface area contributed by atoms with Gasteiger partial charge in [0.25, 0.3) is 0 Å². The lowest BCUT2D eigenvalue weighted by molar-refractivity contribution is -0.121. The summed E-state index contributed by atoms with van der Waals surface area (Å²) >= 11 is 3.48. The molecule has 0 radical (unpaired) electrons. The van der Waals surface area contributed by atoms with Crippen molar-refractivity contribution >= 4 is 35.3 Å². The van der Waals surface area contributed by atoms with Crippen molar-refractivity contribution in [3.63, 3.8) is 0 Å². The number of hydrogen-bond acceptors (Lipinski definition) is 5. The van der Waals surface area contributed by atoms with E-state index in [-0.39, 0.29) is 11.8 Å². The van der Waals surface area contributed by atoms with Crippen molar-refractivity contribution < 1.29 is 9.59 Å². The highest BCUT2D eigenvalue weighted by Gasteiger charge is 2.10. The third-order valence-corrected chi connectivity index (χ3v) is 6.62. The Bertz CT molecular complexity index is 400. The van der Waals surface area contributed by atoms with Gasteiger partial charge in [0, 0.05) is 50.5 Å². The maximum absolute atomic E-state index is 12.0. The molecular formula is C24H49N3O2S2. The van der Waals surface area contributed by atoms with Crippen molar-refractivity contribution in [2.24, 2.45) is 0 Å². The molecule has 7 heteroatoms. The van der Waals surface area contributed by atoms with Crippen LogP contribution in [-0.4, -0.2) is 73.5 Å². The van der Waals surface area contributed by atoms with Gasteiger partial charge in [-0.05, 0) is 25.5 Å². The summed E-state index contributed by atoms with van der Waals surface area (Å²) in [5, 5.41) is 5.96. The van der Waals surface area contributed by atoms with E-state index in [1.807, 2.05) is 12.5 Å². The van der Waals surface area contributed by atoms with Crippen LogP contribution in [0.15, 0.2) is 0 Å². The van der Waals surface area contributed by atoms with Gasteiger partial charge >= 0.3 is 0 Å². The second-order valence-electron chi connectivity index (χ2n) is 8.21. The number of thioether (sulfide) groups is 2. The molecule has 0 aromatic heterocycles. The predicted octanol–water partition coefficient (Wildman–Crippen LogP) is 4.95. The average molecular weight is 476 g/mol. The Hall–Kier alpha value is -0.400. The van der Waals surface area contributed by atoms with Crippen LogP contribution in [0.3, 0.4) is 0 Å². The van der Waals surface area contributed by atoms with Crippen molar-refractivity contribution in [2.45, 2.75) is 84.0 Å². The first-order valence-corrected chi connectivity index (χ1v) is 15.2. The zero-order chi connectivity index (χ0) is 23.0. The molecule has 0 aromatic carbocycles.